The van der Waals surface area contributed by atoms with Gasteiger partial charge in [-0.1, -0.05) is 6.07 Å². The molecule has 0 spiro atoms. The number of benzene rings is 1. The highest BCUT2D eigenvalue weighted by Gasteiger charge is 2.26. The number of amides is 1. The van der Waals surface area contributed by atoms with Gasteiger partial charge in [-0.25, -0.2) is 0 Å². The van der Waals surface area contributed by atoms with Gasteiger partial charge in [-0.3, -0.25) is 9.69 Å². The van der Waals surface area contributed by atoms with Gasteiger partial charge in [-0.15, -0.1) is 0 Å². The average Bonchev–Trinajstić information content (AvgIpc) is 2.44. The minimum Gasteiger partial charge on any atom is -0.493 e. The van der Waals surface area contributed by atoms with Crippen molar-refractivity contribution in [3.05, 3.63) is 24.3 Å². The maximum absolute atomic E-state index is 11.3. The molecule has 0 aromatic heterocycles. The van der Waals surface area contributed by atoms with Crippen molar-refractivity contribution in [2.45, 2.75) is 12.5 Å². The van der Waals surface area contributed by atoms with Gasteiger partial charge < -0.3 is 20.9 Å². The summed E-state index contributed by atoms with van der Waals surface area (Å²) in [5.41, 5.74) is 11.7. The molecule has 2 rings (SSSR count). The van der Waals surface area contributed by atoms with Crippen molar-refractivity contribution in [2.75, 3.05) is 38.6 Å². The fourth-order valence-corrected chi connectivity index (χ4v) is 2.23. The molecule has 1 unspecified atom stereocenters. The first-order chi connectivity index (χ1) is 9.66. The van der Waals surface area contributed by atoms with Gasteiger partial charge in [0.15, 0.2) is 0 Å². The van der Waals surface area contributed by atoms with Gasteiger partial charge in [0.1, 0.15) is 11.8 Å². The predicted molar refractivity (Wildman–Crippen MR) is 76.3 cm³/mol. The van der Waals surface area contributed by atoms with E-state index in [1.165, 1.54) is 0 Å². The zero-order valence-corrected chi connectivity index (χ0v) is 11.5. The number of primary amides is 1. The summed E-state index contributed by atoms with van der Waals surface area (Å²) in [7, 11) is 0. The van der Waals surface area contributed by atoms with Crippen molar-refractivity contribution in [2.24, 2.45) is 5.73 Å². The molecule has 0 aliphatic carbocycles. The quantitative estimate of drug-likeness (QED) is 0.574. The van der Waals surface area contributed by atoms with Crippen molar-refractivity contribution in [3.8, 4) is 5.75 Å². The lowest BCUT2D eigenvalue weighted by Gasteiger charge is -2.33. The summed E-state index contributed by atoms with van der Waals surface area (Å²) in [5.74, 6) is 0.430. The van der Waals surface area contributed by atoms with Crippen molar-refractivity contribution in [1.29, 1.82) is 0 Å². The minimum absolute atomic E-state index is 0.323. The summed E-state index contributed by atoms with van der Waals surface area (Å²) in [6, 6.07) is 7.02. The molecule has 1 aliphatic rings. The van der Waals surface area contributed by atoms with Crippen LogP contribution < -0.4 is 16.2 Å². The van der Waals surface area contributed by atoms with Crippen LogP contribution in [0.15, 0.2) is 24.3 Å². The Hall–Kier alpha value is -1.79. The summed E-state index contributed by atoms with van der Waals surface area (Å²) >= 11 is 0. The Morgan fingerprint density at radius 1 is 1.50 bits per heavy atom. The smallest absolute Gasteiger partial charge is 0.237 e. The molecule has 6 heteroatoms. The molecule has 0 saturated carbocycles. The van der Waals surface area contributed by atoms with Crippen LogP contribution in [-0.2, 0) is 9.53 Å². The molecule has 1 aromatic rings. The standard InChI is InChI=1S/C14H21N3O3/c15-11-3-1-4-12(9-11)20-7-2-5-17-6-8-19-10-13(17)14(16)18/h1,3-4,9,13H,2,5-8,10,15H2,(H2,16,18). The third-order valence-electron chi connectivity index (χ3n) is 3.28. The van der Waals surface area contributed by atoms with Crippen LogP contribution in [-0.4, -0.2) is 49.8 Å². The predicted octanol–water partition coefficient (Wildman–Crippen LogP) is 0.224. The van der Waals surface area contributed by atoms with E-state index in [-0.39, 0.29) is 11.9 Å². The monoisotopic (exact) mass is 279 g/mol. The Morgan fingerprint density at radius 3 is 3.10 bits per heavy atom. The Balaban J connectivity index is 1.73. The van der Waals surface area contributed by atoms with E-state index in [0.29, 0.717) is 25.5 Å². The highest BCUT2D eigenvalue weighted by atomic mass is 16.5. The molecule has 0 bridgehead atoms. The second-order valence-electron chi connectivity index (χ2n) is 4.80. The van der Waals surface area contributed by atoms with Gasteiger partial charge in [0.05, 0.1) is 19.8 Å². The number of ether oxygens (including phenoxy) is 2. The maximum Gasteiger partial charge on any atom is 0.237 e. The van der Waals surface area contributed by atoms with E-state index < -0.39 is 0 Å². The van der Waals surface area contributed by atoms with Crippen LogP contribution in [0.2, 0.25) is 0 Å². The van der Waals surface area contributed by atoms with Gasteiger partial charge in [-0.05, 0) is 18.6 Å². The van der Waals surface area contributed by atoms with Gasteiger partial charge in [-0.2, -0.15) is 0 Å². The Bertz CT molecular complexity index is 453. The van der Waals surface area contributed by atoms with E-state index in [0.717, 1.165) is 25.3 Å². The highest BCUT2D eigenvalue weighted by molar-refractivity contribution is 5.80. The molecule has 1 heterocycles. The second kappa shape index (κ2) is 7.12. The van der Waals surface area contributed by atoms with Crippen molar-refractivity contribution < 1.29 is 14.3 Å². The maximum atomic E-state index is 11.3. The number of hydrogen-bond donors (Lipinski definition) is 2. The largest absolute Gasteiger partial charge is 0.493 e. The molecule has 4 N–H and O–H groups in total. The molecule has 1 saturated heterocycles. The van der Waals surface area contributed by atoms with E-state index >= 15 is 0 Å². The fraction of sp³-hybridized carbons (Fsp3) is 0.500. The van der Waals surface area contributed by atoms with E-state index in [4.69, 9.17) is 20.9 Å². The van der Waals surface area contributed by atoms with Crippen molar-refractivity contribution in [3.63, 3.8) is 0 Å². The second-order valence-corrected chi connectivity index (χ2v) is 4.80. The van der Waals surface area contributed by atoms with Crippen LogP contribution in [0.25, 0.3) is 0 Å². The lowest BCUT2D eigenvalue weighted by molar-refractivity contribution is -0.129. The third-order valence-corrected chi connectivity index (χ3v) is 3.28. The van der Waals surface area contributed by atoms with Crippen LogP contribution in [0.1, 0.15) is 6.42 Å². The number of rotatable bonds is 6. The van der Waals surface area contributed by atoms with E-state index in [1.54, 1.807) is 6.07 Å². The normalized spacial score (nSPS) is 19.7. The Labute approximate surface area is 118 Å². The molecule has 1 amide bonds. The zero-order chi connectivity index (χ0) is 14.4. The number of nitrogen functional groups attached to an aromatic ring is 1. The van der Waals surface area contributed by atoms with Crippen LogP contribution >= 0.6 is 0 Å². The first kappa shape index (κ1) is 14.6. The topological polar surface area (TPSA) is 90.8 Å². The number of carbonyl (C=O) groups is 1. The average molecular weight is 279 g/mol. The zero-order valence-electron chi connectivity index (χ0n) is 11.5. The first-order valence-electron chi connectivity index (χ1n) is 6.76. The van der Waals surface area contributed by atoms with Gasteiger partial charge in [0.25, 0.3) is 0 Å². The fourth-order valence-electron chi connectivity index (χ4n) is 2.23. The molecule has 6 nitrogen and oxygen atoms in total. The van der Waals surface area contributed by atoms with Crippen LogP contribution in [0.5, 0.6) is 5.75 Å². The number of nitrogens with two attached hydrogens (primary N) is 2. The Kier molecular flexibility index (Phi) is 5.20. The van der Waals surface area contributed by atoms with Crippen LogP contribution in [0.3, 0.4) is 0 Å². The molecule has 1 fully saturated rings. The van der Waals surface area contributed by atoms with Gasteiger partial charge in [0, 0.05) is 24.8 Å². The SMILES string of the molecule is NC(=O)C1COCCN1CCCOc1cccc(N)c1. The van der Waals surface area contributed by atoms with Crippen molar-refractivity contribution >= 4 is 11.6 Å². The van der Waals surface area contributed by atoms with Gasteiger partial charge >= 0.3 is 0 Å². The molecule has 0 radical (unpaired) electrons. The molecule has 110 valence electrons. The minimum atomic E-state index is -0.332. The van der Waals surface area contributed by atoms with Crippen molar-refractivity contribution in [1.82, 2.24) is 4.90 Å². The summed E-state index contributed by atoms with van der Waals surface area (Å²) in [6.07, 6.45) is 0.818. The number of carbonyl (C=O) groups excluding carboxylic acids is 1. The third kappa shape index (κ3) is 4.11. The van der Waals surface area contributed by atoms with Gasteiger partial charge in [0.2, 0.25) is 5.91 Å². The lowest BCUT2D eigenvalue weighted by atomic mass is 10.2. The molecule has 1 atom stereocenters. The van der Waals surface area contributed by atoms with Crippen LogP contribution in [0.4, 0.5) is 5.69 Å². The van der Waals surface area contributed by atoms with E-state index in [2.05, 4.69) is 4.90 Å². The molecule has 20 heavy (non-hydrogen) atoms. The molecule has 1 aliphatic heterocycles. The van der Waals surface area contributed by atoms with E-state index in [1.807, 2.05) is 18.2 Å². The van der Waals surface area contributed by atoms with Crippen LogP contribution in [0, 0.1) is 0 Å². The first-order valence-corrected chi connectivity index (χ1v) is 6.76. The summed E-state index contributed by atoms with van der Waals surface area (Å²) in [4.78, 5) is 13.4. The molecular formula is C14H21N3O3. The highest BCUT2D eigenvalue weighted by Crippen LogP contribution is 2.15. The molecular weight excluding hydrogens is 258 g/mol. The number of hydrogen-bond acceptors (Lipinski definition) is 5. The lowest BCUT2D eigenvalue weighted by Crippen LogP contribution is -2.52. The van der Waals surface area contributed by atoms with E-state index in [9.17, 15) is 4.79 Å². The summed E-state index contributed by atoms with van der Waals surface area (Å²) < 4.78 is 10.9. The number of morpholine rings is 1. The Morgan fingerprint density at radius 2 is 2.35 bits per heavy atom. The summed E-state index contributed by atoms with van der Waals surface area (Å²) in [5, 5.41) is 0. The summed E-state index contributed by atoms with van der Waals surface area (Å²) in [6.45, 7) is 3.09. The number of nitrogens with zero attached hydrogens (tertiary/aromatic N) is 1. The molecule has 1 aromatic carbocycles. The number of anilines is 1.